The molecule has 3 aliphatic rings. The van der Waals surface area contributed by atoms with E-state index in [2.05, 4.69) is 5.32 Å². The number of non-ortho nitro benzene ring substituents is 1. The minimum Gasteiger partial charge on any atom is -0.360 e. The number of fused-ring (bicyclic) bond motifs is 2. The van der Waals surface area contributed by atoms with Crippen LogP contribution in [0.3, 0.4) is 0 Å². The fourth-order valence-electron chi connectivity index (χ4n) is 4.69. The number of hydrogen-bond donors (Lipinski definition) is 1. The van der Waals surface area contributed by atoms with Crippen LogP contribution >= 0.6 is 12.2 Å². The Labute approximate surface area is 170 Å². The maximum Gasteiger partial charge on any atom is 0.269 e. The third-order valence-electron chi connectivity index (χ3n) is 6.26. The predicted molar refractivity (Wildman–Crippen MR) is 108 cm³/mol. The Morgan fingerprint density at radius 1 is 1.11 bits per heavy atom. The van der Waals surface area contributed by atoms with Crippen molar-refractivity contribution in [1.29, 1.82) is 0 Å². The summed E-state index contributed by atoms with van der Waals surface area (Å²) < 4.78 is 27.0. The highest BCUT2D eigenvalue weighted by Gasteiger charge is 2.40. The second-order valence-electron chi connectivity index (χ2n) is 7.87. The lowest BCUT2D eigenvalue weighted by atomic mass is 9.95. The third kappa shape index (κ3) is 3.72. The predicted octanol–water partition coefficient (Wildman–Crippen LogP) is 1.96. The van der Waals surface area contributed by atoms with Crippen LogP contribution in [0, 0.1) is 22.0 Å². The molecular weight excluding hydrogens is 400 g/mol. The van der Waals surface area contributed by atoms with E-state index < -0.39 is 14.9 Å². The van der Waals surface area contributed by atoms with Crippen LogP contribution < -0.4 is 5.32 Å². The molecule has 4 rings (SSSR count). The minimum atomic E-state index is -3.66. The van der Waals surface area contributed by atoms with Crippen molar-refractivity contribution in [3.63, 3.8) is 0 Å². The number of sulfonamides is 1. The quantitative estimate of drug-likeness (QED) is 0.448. The minimum absolute atomic E-state index is 0.0780. The zero-order valence-corrected chi connectivity index (χ0v) is 17.1. The fraction of sp³-hybridized carbons (Fsp3) is 0.611. The van der Waals surface area contributed by atoms with Crippen LogP contribution in [-0.4, -0.2) is 59.9 Å². The summed E-state index contributed by atoms with van der Waals surface area (Å²) in [4.78, 5) is 12.3. The number of nitrogens with zero attached hydrogens (tertiary/aromatic N) is 3. The summed E-state index contributed by atoms with van der Waals surface area (Å²) >= 11 is 5.57. The molecule has 1 aromatic rings. The number of nitro groups is 1. The summed E-state index contributed by atoms with van der Waals surface area (Å²) in [6.45, 7) is 1.77. The summed E-state index contributed by atoms with van der Waals surface area (Å²) in [5.74, 6) is 1.57. The molecule has 152 valence electrons. The summed E-state index contributed by atoms with van der Waals surface area (Å²) in [5.41, 5.74) is -0.124. The van der Waals surface area contributed by atoms with Gasteiger partial charge in [0, 0.05) is 44.4 Å². The van der Waals surface area contributed by atoms with Crippen molar-refractivity contribution in [3.8, 4) is 0 Å². The molecular formula is C18H24N4O4S2. The van der Waals surface area contributed by atoms with Gasteiger partial charge in [-0.25, -0.2) is 8.42 Å². The van der Waals surface area contributed by atoms with Gasteiger partial charge in [-0.1, -0.05) is 6.42 Å². The molecule has 1 aromatic carbocycles. The van der Waals surface area contributed by atoms with Gasteiger partial charge in [-0.2, -0.15) is 4.31 Å². The Balaban J connectivity index is 1.34. The summed E-state index contributed by atoms with van der Waals surface area (Å²) in [6.07, 6.45) is 5.13. The second-order valence-corrected chi connectivity index (χ2v) is 10.2. The molecule has 3 atom stereocenters. The number of nitrogens with one attached hydrogen (secondary N) is 1. The van der Waals surface area contributed by atoms with E-state index in [9.17, 15) is 18.5 Å². The first-order valence-electron chi connectivity index (χ1n) is 9.64. The van der Waals surface area contributed by atoms with E-state index in [1.54, 1.807) is 0 Å². The molecule has 1 N–H and O–H groups in total. The van der Waals surface area contributed by atoms with E-state index in [1.165, 1.54) is 54.3 Å². The maximum absolute atomic E-state index is 12.8. The van der Waals surface area contributed by atoms with Crippen LogP contribution in [0.15, 0.2) is 29.2 Å². The van der Waals surface area contributed by atoms with E-state index in [4.69, 9.17) is 12.2 Å². The van der Waals surface area contributed by atoms with Crippen molar-refractivity contribution < 1.29 is 13.3 Å². The van der Waals surface area contributed by atoms with Crippen molar-refractivity contribution in [2.45, 2.75) is 36.6 Å². The molecule has 1 saturated heterocycles. The highest BCUT2D eigenvalue weighted by atomic mass is 32.2. The van der Waals surface area contributed by atoms with E-state index >= 15 is 0 Å². The van der Waals surface area contributed by atoms with Gasteiger partial charge in [0.25, 0.3) is 5.69 Å². The monoisotopic (exact) mass is 424 g/mol. The normalized spacial score (nSPS) is 27.7. The van der Waals surface area contributed by atoms with Gasteiger partial charge in [0.05, 0.1) is 9.82 Å². The van der Waals surface area contributed by atoms with Gasteiger partial charge in [-0.3, -0.25) is 10.1 Å². The van der Waals surface area contributed by atoms with Crippen LogP contribution in [0.5, 0.6) is 0 Å². The zero-order chi connectivity index (χ0) is 19.9. The molecule has 10 heteroatoms. The van der Waals surface area contributed by atoms with Gasteiger partial charge in [0.2, 0.25) is 10.0 Å². The lowest BCUT2D eigenvalue weighted by Gasteiger charge is -2.37. The summed E-state index contributed by atoms with van der Waals surface area (Å²) in [5, 5.41) is 15.0. The van der Waals surface area contributed by atoms with E-state index in [0.717, 1.165) is 16.9 Å². The maximum atomic E-state index is 12.8. The highest BCUT2D eigenvalue weighted by Crippen LogP contribution is 2.44. The smallest absolute Gasteiger partial charge is 0.269 e. The number of nitro benzene ring substituents is 1. The van der Waals surface area contributed by atoms with Gasteiger partial charge in [0.15, 0.2) is 5.11 Å². The summed E-state index contributed by atoms with van der Waals surface area (Å²) in [6, 6.07) is 5.49. The third-order valence-corrected chi connectivity index (χ3v) is 8.55. The lowest BCUT2D eigenvalue weighted by Crippen LogP contribution is -2.54. The Bertz CT molecular complexity index is 866. The van der Waals surface area contributed by atoms with Crippen LogP contribution in [-0.2, 0) is 10.0 Å². The molecule has 0 radical (unpaired) electrons. The molecule has 1 heterocycles. The van der Waals surface area contributed by atoms with Crippen LogP contribution in [0.2, 0.25) is 0 Å². The molecule has 2 bridgehead atoms. The van der Waals surface area contributed by atoms with Crippen molar-refractivity contribution in [2.75, 3.05) is 26.2 Å². The molecule has 2 aliphatic carbocycles. The standard InChI is InChI=1S/C18H24N4O4S2/c23-22(24)15-3-5-16(6-4-15)28(25,26)21-9-7-20(8-10-21)18(27)19-17-12-13-1-2-14(17)11-13/h3-6,13-14,17H,1-2,7-12H2,(H,19,27)/t13-,14-,17+/m0/s1. The zero-order valence-electron chi connectivity index (χ0n) is 15.5. The molecule has 3 fully saturated rings. The topological polar surface area (TPSA) is 95.8 Å². The van der Waals surface area contributed by atoms with Crippen molar-refractivity contribution in [2.24, 2.45) is 11.8 Å². The second kappa shape index (κ2) is 7.57. The van der Waals surface area contributed by atoms with Gasteiger partial charge in [-0.15, -0.1) is 0 Å². The first kappa shape index (κ1) is 19.5. The highest BCUT2D eigenvalue weighted by molar-refractivity contribution is 7.89. The van der Waals surface area contributed by atoms with Gasteiger partial charge in [-0.05, 0) is 55.4 Å². The van der Waals surface area contributed by atoms with Crippen molar-refractivity contribution in [3.05, 3.63) is 34.4 Å². The Hall–Kier alpha value is -1.78. The van der Waals surface area contributed by atoms with Crippen LogP contribution in [0.25, 0.3) is 0 Å². The van der Waals surface area contributed by atoms with Crippen molar-refractivity contribution in [1.82, 2.24) is 14.5 Å². The number of thiocarbonyl (C=S) groups is 1. The van der Waals surface area contributed by atoms with Crippen LogP contribution in [0.4, 0.5) is 5.69 Å². The number of rotatable bonds is 4. The SMILES string of the molecule is O=[N+]([O-])c1ccc(S(=O)(=O)N2CCN(C(=S)N[C@@H]3C[C@H]4CC[C@H]3C4)CC2)cc1. The number of piperazine rings is 1. The molecule has 0 amide bonds. The molecule has 28 heavy (non-hydrogen) atoms. The summed E-state index contributed by atoms with van der Waals surface area (Å²) in [7, 11) is -3.66. The van der Waals surface area contributed by atoms with Gasteiger partial charge >= 0.3 is 0 Å². The number of hydrogen-bond acceptors (Lipinski definition) is 5. The van der Waals surface area contributed by atoms with E-state index in [-0.39, 0.29) is 10.6 Å². The van der Waals surface area contributed by atoms with Crippen molar-refractivity contribution >= 4 is 33.0 Å². The first-order chi connectivity index (χ1) is 13.3. The van der Waals surface area contributed by atoms with Crippen LogP contribution in [0.1, 0.15) is 25.7 Å². The molecule has 0 aromatic heterocycles. The van der Waals surface area contributed by atoms with Gasteiger partial charge in [0.1, 0.15) is 0 Å². The largest absolute Gasteiger partial charge is 0.360 e. The van der Waals surface area contributed by atoms with Gasteiger partial charge < -0.3 is 10.2 Å². The number of benzene rings is 1. The van der Waals surface area contributed by atoms with E-state index in [0.29, 0.717) is 32.2 Å². The average Bonchev–Trinajstić information content (AvgIpc) is 3.31. The lowest BCUT2D eigenvalue weighted by molar-refractivity contribution is -0.384. The molecule has 1 aliphatic heterocycles. The molecule has 0 spiro atoms. The molecule has 2 saturated carbocycles. The first-order valence-corrected chi connectivity index (χ1v) is 11.5. The Morgan fingerprint density at radius 2 is 1.79 bits per heavy atom. The average molecular weight is 425 g/mol. The fourth-order valence-corrected chi connectivity index (χ4v) is 6.45. The molecule has 0 unspecified atom stereocenters. The van der Waals surface area contributed by atoms with E-state index in [1.807, 2.05) is 4.90 Å². The molecule has 8 nitrogen and oxygen atoms in total. The Morgan fingerprint density at radius 3 is 2.32 bits per heavy atom. The Kier molecular flexibility index (Phi) is 5.28.